The summed E-state index contributed by atoms with van der Waals surface area (Å²) in [5.41, 5.74) is 1.42. The zero-order valence-corrected chi connectivity index (χ0v) is 12.7. The Morgan fingerprint density at radius 1 is 1.30 bits per heavy atom. The number of ether oxygens (including phenoxy) is 1. The summed E-state index contributed by atoms with van der Waals surface area (Å²) in [5.74, 6) is 0.0879. The number of amides is 2. The van der Waals surface area contributed by atoms with Gasteiger partial charge in [0.2, 0.25) is 11.8 Å². The van der Waals surface area contributed by atoms with Gasteiger partial charge >= 0.3 is 0 Å². The van der Waals surface area contributed by atoms with E-state index in [1.54, 1.807) is 42.6 Å². The highest BCUT2D eigenvalue weighted by Gasteiger charge is 2.35. The van der Waals surface area contributed by atoms with E-state index >= 15 is 0 Å². The van der Waals surface area contributed by atoms with Gasteiger partial charge in [-0.3, -0.25) is 14.6 Å². The summed E-state index contributed by atoms with van der Waals surface area (Å²) < 4.78 is 5.18. The number of benzene rings is 1. The van der Waals surface area contributed by atoms with Crippen LogP contribution in [0.1, 0.15) is 6.42 Å². The maximum absolute atomic E-state index is 12.3. The first-order valence-corrected chi connectivity index (χ1v) is 7.32. The highest BCUT2D eigenvalue weighted by atomic mass is 16.5. The van der Waals surface area contributed by atoms with E-state index in [1.165, 1.54) is 0 Å². The largest absolute Gasteiger partial charge is 0.497 e. The quantitative estimate of drug-likeness (QED) is 0.938. The molecule has 1 aromatic heterocycles. The molecule has 0 radical (unpaired) electrons. The molecule has 1 aromatic carbocycles. The van der Waals surface area contributed by atoms with Crippen LogP contribution in [0.3, 0.4) is 0 Å². The van der Waals surface area contributed by atoms with E-state index in [0.717, 1.165) is 5.69 Å². The van der Waals surface area contributed by atoms with Gasteiger partial charge in [-0.25, -0.2) is 0 Å². The Kier molecular flexibility index (Phi) is 4.23. The van der Waals surface area contributed by atoms with Gasteiger partial charge in [0.25, 0.3) is 0 Å². The molecule has 6 nitrogen and oxygen atoms in total. The second-order valence-corrected chi connectivity index (χ2v) is 5.33. The van der Waals surface area contributed by atoms with E-state index < -0.39 is 0 Å². The fraction of sp³-hybridized carbons (Fsp3) is 0.235. The zero-order valence-electron chi connectivity index (χ0n) is 12.7. The zero-order chi connectivity index (χ0) is 16.2. The van der Waals surface area contributed by atoms with Gasteiger partial charge in [0.1, 0.15) is 5.75 Å². The third kappa shape index (κ3) is 3.31. The predicted octanol–water partition coefficient (Wildman–Crippen LogP) is 2.08. The van der Waals surface area contributed by atoms with Crippen molar-refractivity contribution < 1.29 is 14.3 Å². The van der Waals surface area contributed by atoms with Crippen LogP contribution in [0.4, 0.5) is 11.4 Å². The molecule has 0 aliphatic carbocycles. The number of carbonyl (C=O) groups excluding carboxylic acids is 2. The summed E-state index contributed by atoms with van der Waals surface area (Å²) in [7, 11) is 1.58. The maximum atomic E-state index is 12.3. The van der Waals surface area contributed by atoms with E-state index in [1.807, 2.05) is 18.2 Å². The van der Waals surface area contributed by atoms with Crippen LogP contribution in [0.5, 0.6) is 5.75 Å². The van der Waals surface area contributed by atoms with E-state index in [-0.39, 0.29) is 24.2 Å². The van der Waals surface area contributed by atoms with Gasteiger partial charge in [-0.15, -0.1) is 0 Å². The molecule has 118 valence electrons. The Bertz CT molecular complexity index is 718. The molecule has 1 fully saturated rings. The lowest BCUT2D eigenvalue weighted by atomic mass is 10.1. The monoisotopic (exact) mass is 311 g/mol. The summed E-state index contributed by atoms with van der Waals surface area (Å²) in [5, 5.41) is 2.82. The van der Waals surface area contributed by atoms with Gasteiger partial charge in [0.05, 0.1) is 13.0 Å². The molecule has 1 saturated heterocycles. The van der Waals surface area contributed by atoms with Gasteiger partial charge < -0.3 is 15.0 Å². The number of aromatic nitrogens is 1. The summed E-state index contributed by atoms with van der Waals surface area (Å²) in [4.78, 5) is 30.1. The van der Waals surface area contributed by atoms with Gasteiger partial charge in [0.15, 0.2) is 0 Å². The van der Waals surface area contributed by atoms with Crippen molar-refractivity contribution in [1.29, 1.82) is 0 Å². The molecule has 23 heavy (non-hydrogen) atoms. The average molecular weight is 311 g/mol. The minimum Gasteiger partial charge on any atom is -0.497 e. The van der Waals surface area contributed by atoms with Crippen molar-refractivity contribution in [2.75, 3.05) is 23.9 Å². The summed E-state index contributed by atoms with van der Waals surface area (Å²) in [6.45, 7) is 0.364. The number of carbonyl (C=O) groups is 2. The maximum Gasteiger partial charge on any atom is 0.229 e. The molecule has 1 aliphatic heterocycles. The lowest BCUT2D eigenvalue weighted by molar-refractivity contribution is -0.122. The van der Waals surface area contributed by atoms with Gasteiger partial charge in [-0.1, -0.05) is 6.07 Å². The van der Waals surface area contributed by atoms with E-state index in [2.05, 4.69) is 10.3 Å². The van der Waals surface area contributed by atoms with Crippen LogP contribution in [0.2, 0.25) is 0 Å². The SMILES string of the molecule is COc1cccc(N2C[C@H](C(=O)Nc3ccncc3)CC2=O)c1. The van der Waals surface area contributed by atoms with Crippen molar-refractivity contribution in [3.05, 3.63) is 48.8 Å². The van der Waals surface area contributed by atoms with Crippen molar-refractivity contribution in [1.82, 2.24) is 4.98 Å². The minimum absolute atomic E-state index is 0.0619. The van der Waals surface area contributed by atoms with Crippen molar-refractivity contribution in [2.24, 2.45) is 5.92 Å². The number of nitrogens with one attached hydrogen (secondary N) is 1. The molecule has 1 aliphatic rings. The molecule has 0 unspecified atom stereocenters. The Morgan fingerprint density at radius 2 is 2.09 bits per heavy atom. The number of methoxy groups -OCH3 is 1. The summed E-state index contributed by atoms with van der Waals surface area (Å²) in [6, 6.07) is 10.7. The molecule has 0 bridgehead atoms. The third-order valence-corrected chi connectivity index (χ3v) is 3.81. The molecule has 3 rings (SSSR count). The van der Waals surface area contributed by atoms with Crippen LogP contribution in [0.25, 0.3) is 0 Å². The van der Waals surface area contributed by atoms with E-state index in [0.29, 0.717) is 18.0 Å². The predicted molar refractivity (Wildman–Crippen MR) is 86.3 cm³/mol. The molecular formula is C17H17N3O3. The number of hydrogen-bond donors (Lipinski definition) is 1. The molecule has 2 aromatic rings. The Hall–Kier alpha value is -2.89. The Morgan fingerprint density at radius 3 is 2.83 bits per heavy atom. The highest BCUT2D eigenvalue weighted by molar-refractivity contribution is 6.03. The summed E-state index contributed by atoms with van der Waals surface area (Å²) in [6.07, 6.45) is 3.42. The van der Waals surface area contributed by atoms with E-state index in [4.69, 9.17) is 4.74 Å². The molecule has 1 N–H and O–H groups in total. The fourth-order valence-electron chi connectivity index (χ4n) is 2.59. The van der Waals surface area contributed by atoms with Crippen molar-refractivity contribution in [3.63, 3.8) is 0 Å². The topological polar surface area (TPSA) is 71.5 Å². The number of rotatable bonds is 4. The first-order chi connectivity index (χ1) is 11.2. The number of anilines is 2. The molecule has 2 heterocycles. The van der Waals surface area contributed by atoms with Crippen LogP contribution >= 0.6 is 0 Å². The third-order valence-electron chi connectivity index (χ3n) is 3.81. The van der Waals surface area contributed by atoms with Crippen LogP contribution in [0, 0.1) is 5.92 Å². The molecule has 6 heteroatoms. The molecule has 0 saturated carbocycles. The molecule has 1 atom stereocenters. The number of nitrogens with zero attached hydrogens (tertiary/aromatic N) is 2. The van der Waals surface area contributed by atoms with Crippen LogP contribution < -0.4 is 15.0 Å². The highest BCUT2D eigenvalue weighted by Crippen LogP contribution is 2.28. The van der Waals surface area contributed by atoms with Gasteiger partial charge in [-0.2, -0.15) is 0 Å². The van der Waals surface area contributed by atoms with Crippen molar-refractivity contribution >= 4 is 23.2 Å². The van der Waals surface area contributed by atoms with Gasteiger partial charge in [0, 0.05) is 42.8 Å². The lowest BCUT2D eigenvalue weighted by Gasteiger charge is -2.17. The smallest absolute Gasteiger partial charge is 0.229 e. The van der Waals surface area contributed by atoms with E-state index in [9.17, 15) is 9.59 Å². The van der Waals surface area contributed by atoms with Crippen molar-refractivity contribution in [3.8, 4) is 5.75 Å². The number of pyridine rings is 1. The summed E-state index contributed by atoms with van der Waals surface area (Å²) >= 11 is 0. The molecule has 0 spiro atoms. The number of hydrogen-bond acceptors (Lipinski definition) is 4. The second-order valence-electron chi connectivity index (χ2n) is 5.33. The van der Waals surface area contributed by atoms with Crippen LogP contribution in [-0.2, 0) is 9.59 Å². The first kappa shape index (κ1) is 15.0. The van der Waals surface area contributed by atoms with Crippen molar-refractivity contribution in [2.45, 2.75) is 6.42 Å². The molecule has 2 amide bonds. The minimum atomic E-state index is -0.373. The van der Waals surface area contributed by atoms with Crippen LogP contribution in [-0.4, -0.2) is 30.5 Å². The lowest BCUT2D eigenvalue weighted by Crippen LogP contribution is -2.28. The Labute approximate surface area is 134 Å². The Balaban J connectivity index is 1.70. The standard InChI is InChI=1S/C17H17N3O3/c1-23-15-4-2-3-14(10-15)20-11-12(9-16(20)21)17(22)19-13-5-7-18-8-6-13/h2-8,10,12H,9,11H2,1H3,(H,18,19,22)/t12-/m1/s1. The van der Waals surface area contributed by atoms with Gasteiger partial charge in [-0.05, 0) is 24.3 Å². The van der Waals surface area contributed by atoms with Crippen LogP contribution in [0.15, 0.2) is 48.8 Å². The molecular weight excluding hydrogens is 294 g/mol. The average Bonchev–Trinajstić information content (AvgIpc) is 2.98. The fourth-order valence-corrected chi connectivity index (χ4v) is 2.59. The normalized spacial score (nSPS) is 17.2. The second kappa shape index (κ2) is 6.48. The first-order valence-electron chi connectivity index (χ1n) is 7.32.